The van der Waals surface area contributed by atoms with E-state index >= 15 is 0 Å². The number of fused-ring (bicyclic) bond motifs is 1. The van der Waals surface area contributed by atoms with Crippen LogP contribution in [0.1, 0.15) is 19.0 Å². The van der Waals surface area contributed by atoms with Crippen molar-refractivity contribution < 1.29 is 4.74 Å². The molecule has 2 heterocycles. The first-order valence-corrected chi connectivity index (χ1v) is 7.20. The molecule has 1 aliphatic rings. The van der Waals surface area contributed by atoms with E-state index in [1.807, 2.05) is 30.3 Å². The average molecular weight is 271 g/mol. The molecule has 0 amide bonds. The Bertz CT molecular complexity index is 599. The number of aromatic nitrogens is 1. The van der Waals surface area contributed by atoms with Crippen molar-refractivity contribution in [1.82, 2.24) is 9.88 Å². The third kappa shape index (κ3) is 2.92. The van der Waals surface area contributed by atoms with Gasteiger partial charge in [-0.3, -0.25) is 9.88 Å². The molecule has 1 atom stereocenters. The van der Waals surface area contributed by atoms with E-state index in [-0.39, 0.29) is 6.10 Å². The van der Waals surface area contributed by atoms with Crippen molar-refractivity contribution >= 4 is 16.6 Å². The van der Waals surface area contributed by atoms with E-state index in [2.05, 4.69) is 11.8 Å². The van der Waals surface area contributed by atoms with E-state index in [1.54, 1.807) is 0 Å². The molecule has 1 unspecified atom stereocenters. The highest BCUT2D eigenvalue weighted by Gasteiger charge is 2.16. The van der Waals surface area contributed by atoms with Crippen molar-refractivity contribution in [1.29, 1.82) is 0 Å². The predicted octanol–water partition coefficient (Wildman–Crippen LogP) is 2.43. The number of para-hydroxylation sites is 1. The van der Waals surface area contributed by atoms with E-state index in [9.17, 15) is 0 Å². The number of ether oxygens (including phenoxy) is 1. The summed E-state index contributed by atoms with van der Waals surface area (Å²) in [6.07, 6.45) is 1.36. The van der Waals surface area contributed by atoms with Gasteiger partial charge in [0.25, 0.3) is 0 Å². The summed E-state index contributed by atoms with van der Waals surface area (Å²) in [7, 11) is 0. The number of nitrogen functional groups attached to an aromatic ring is 1. The van der Waals surface area contributed by atoms with Crippen molar-refractivity contribution in [2.24, 2.45) is 0 Å². The molecule has 4 heteroatoms. The molecule has 0 bridgehead atoms. The second-order valence-corrected chi connectivity index (χ2v) is 5.49. The minimum Gasteiger partial charge on any atom is -0.398 e. The molecule has 1 aromatic heterocycles. The first-order chi connectivity index (χ1) is 9.72. The number of nitrogens with zero attached hydrogens (tertiary/aromatic N) is 2. The van der Waals surface area contributed by atoms with Gasteiger partial charge in [-0.05, 0) is 25.5 Å². The zero-order chi connectivity index (χ0) is 13.9. The monoisotopic (exact) mass is 271 g/mol. The van der Waals surface area contributed by atoms with Gasteiger partial charge in [-0.25, -0.2) is 0 Å². The second kappa shape index (κ2) is 5.77. The molecule has 3 rings (SSSR count). The minimum absolute atomic E-state index is 0.287. The molecule has 1 saturated heterocycles. The Morgan fingerprint density at radius 3 is 3.15 bits per heavy atom. The Morgan fingerprint density at radius 2 is 2.25 bits per heavy atom. The molecule has 0 saturated carbocycles. The van der Waals surface area contributed by atoms with Gasteiger partial charge in [-0.1, -0.05) is 18.2 Å². The minimum atomic E-state index is 0.287. The number of benzene rings is 1. The van der Waals surface area contributed by atoms with Crippen LogP contribution in [0, 0.1) is 0 Å². The number of hydrogen-bond donors (Lipinski definition) is 1. The standard InChI is InChI=1S/C16H21N3O/c1-12-10-19(7-4-8-20-12)11-13-9-15(17)14-5-2-3-6-16(14)18-13/h2-3,5-6,9,12H,4,7-8,10-11H2,1H3,(H2,17,18). The maximum atomic E-state index is 6.14. The van der Waals surface area contributed by atoms with Gasteiger partial charge in [0.05, 0.1) is 17.3 Å². The Balaban J connectivity index is 1.83. The van der Waals surface area contributed by atoms with E-state index in [0.29, 0.717) is 0 Å². The molecule has 4 nitrogen and oxygen atoms in total. The smallest absolute Gasteiger partial charge is 0.0726 e. The fraction of sp³-hybridized carbons (Fsp3) is 0.438. The number of rotatable bonds is 2. The fourth-order valence-corrected chi connectivity index (χ4v) is 2.79. The van der Waals surface area contributed by atoms with Crippen molar-refractivity contribution in [2.45, 2.75) is 26.0 Å². The van der Waals surface area contributed by atoms with Gasteiger partial charge in [-0.15, -0.1) is 0 Å². The Hall–Kier alpha value is -1.65. The van der Waals surface area contributed by atoms with Crippen molar-refractivity contribution in [2.75, 3.05) is 25.4 Å². The lowest BCUT2D eigenvalue weighted by Crippen LogP contribution is -2.30. The molecule has 0 radical (unpaired) electrons. The van der Waals surface area contributed by atoms with E-state index in [0.717, 1.165) is 54.9 Å². The molecule has 20 heavy (non-hydrogen) atoms. The fourth-order valence-electron chi connectivity index (χ4n) is 2.79. The van der Waals surface area contributed by atoms with Gasteiger partial charge in [0.1, 0.15) is 0 Å². The van der Waals surface area contributed by atoms with E-state index in [4.69, 9.17) is 15.5 Å². The first-order valence-electron chi connectivity index (χ1n) is 7.20. The molecule has 0 spiro atoms. The van der Waals surface area contributed by atoms with Crippen LogP contribution in [0.15, 0.2) is 30.3 Å². The Kier molecular flexibility index (Phi) is 3.85. The highest BCUT2D eigenvalue weighted by molar-refractivity contribution is 5.90. The van der Waals surface area contributed by atoms with Crippen molar-refractivity contribution in [3.05, 3.63) is 36.0 Å². The summed E-state index contributed by atoms with van der Waals surface area (Å²) in [5, 5.41) is 1.03. The maximum Gasteiger partial charge on any atom is 0.0726 e. The number of nitrogens with two attached hydrogens (primary N) is 1. The summed E-state index contributed by atoms with van der Waals surface area (Å²) in [5.41, 5.74) is 8.96. The van der Waals surface area contributed by atoms with Crippen molar-refractivity contribution in [3.8, 4) is 0 Å². The quantitative estimate of drug-likeness (QED) is 0.911. The van der Waals surface area contributed by atoms with Gasteiger partial charge in [0.2, 0.25) is 0 Å². The summed E-state index contributed by atoms with van der Waals surface area (Å²) in [6.45, 7) is 5.82. The van der Waals surface area contributed by atoms with Crippen LogP contribution in [0.5, 0.6) is 0 Å². The average Bonchev–Trinajstić information content (AvgIpc) is 2.63. The second-order valence-electron chi connectivity index (χ2n) is 5.49. The molecule has 1 fully saturated rings. The molecule has 2 N–H and O–H groups in total. The van der Waals surface area contributed by atoms with Crippen LogP contribution in [0.4, 0.5) is 5.69 Å². The molecule has 1 aliphatic heterocycles. The maximum absolute atomic E-state index is 6.14. The van der Waals surface area contributed by atoms with E-state index in [1.165, 1.54) is 0 Å². The molecule has 1 aromatic carbocycles. The lowest BCUT2D eigenvalue weighted by atomic mass is 10.1. The van der Waals surface area contributed by atoms with Crippen LogP contribution < -0.4 is 5.73 Å². The Labute approximate surface area is 119 Å². The van der Waals surface area contributed by atoms with Crippen LogP contribution in [-0.4, -0.2) is 35.7 Å². The normalized spacial score (nSPS) is 20.9. The van der Waals surface area contributed by atoms with Crippen LogP contribution in [0.2, 0.25) is 0 Å². The van der Waals surface area contributed by atoms with Gasteiger partial charge in [0.15, 0.2) is 0 Å². The number of hydrogen-bond acceptors (Lipinski definition) is 4. The molecular formula is C16H21N3O. The zero-order valence-electron chi connectivity index (χ0n) is 11.9. The lowest BCUT2D eigenvalue weighted by Gasteiger charge is -2.21. The Morgan fingerprint density at radius 1 is 1.40 bits per heavy atom. The molecule has 0 aliphatic carbocycles. The van der Waals surface area contributed by atoms with Crippen molar-refractivity contribution in [3.63, 3.8) is 0 Å². The summed E-state index contributed by atoms with van der Waals surface area (Å²) in [4.78, 5) is 7.12. The molecular weight excluding hydrogens is 250 g/mol. The number of anilines is 1. The highest BCUT2D eigenvalue weighted by atomic mass is 16.5. The van der Waals surface area contributed by atoms with Gasteiger partial charge >= 0.3 is 0 Å². The van der Waals surface area contributed by atoms with Crippen LogP contribution in [0.25, 0.3) is 10.9 Å². The van der Waals surface area contributed by atoms with Gasteiger partial charge in [0, 0.05) is 37.3 Å². The highest BCUT2D eigenvalue weighted by Crippen LogP contribution is 2.21. The topological polar surface area (TPSA) is 51.4 Å². The van der Waals surface area contributed by atoms with Crippen LogP contribution in [0.3, 0.4) is 0 Å². The lowest BCUT2D eigenvalue weighted by molar-refractivity contribution is 0.0666. The zero-order valence-corrected chi connectivity index (χ0v) is 11.9. The van der Waals surface area contributed by atoms with E-state index < -0.39 is 0 Å². The van der Waals surface area contributed by atoms with Gasteiger partial charge in [-0.2, -0.15) is 0 Å². The third-order valence-corrected chi connectivity index (χ3v) is 3.72. The third-order valence-electron chi connectivity index (χ3n) is 3.72. The van der Waals surface area contributed by atoms with Crippen LogP contribution in [-0.2, 0) is 11.3 Å². The predicted molar refractivity (Wildman–Crippen MR) is 81.5 cm³/mol. The molecule has 106 valence electrons. The number of pyridine rings is 1. The summed E-state index contributed by atoms with van der Waals surface area (Å²) in [5.74, 6) is 0. The summed E-state index contributed by atoms with van der Waals surface area (Å²) in [6, 6.07) is 10.0. The summed E-state index contributed by atoms with van der Waals surface area (Å²) < 4.78 is 5.68. The largest absolute Gasteiger partial charge is 0.398 e. The SMILES string of the molecule is CC1CN(Cc2cc(N)c3ccccc3n2)CCCO1. The van der Waals surface area contributed by atoms with Gasteiger partial charge < -0.3 is 10.5 Å². The molecule has 2 aromatic rings. The summed E-state index contributed by atoms with van der Waals surface area (Å²) >= 11 is 0. The van der Waals surface area contributed by atoms with Crippen LogP contribution >= 0.6 is 0 Å². The first kappa shape index (κ1) is 13.3.